The number of benzene rings is 1. The Bertz CT molecular complexity index is 417. The zero-order valence-electron chi connectivity index (χ0n) is 8.08. The summed E-state index contributed by atoms with van der Waals surface area (Å²) in [5.74, 6) is -3.66. The molecule has 1 aromatic carbocycles. The molecule has 1 rings (SSSR count). The minimum atomic E-state index is -1.37. The molecule has 0 aromatic heterocycles. The average Bonchev–Trinajstić information content (AvgIpc) is 2.26. The van der Waals surface area contributed by atoms with Crippen LogP contribution < -0.4 is 0 Å². The highest BCUT2D eigenvalue weighted by atomic mass is 19.2. The van der Waals surface area contributed by atoms with E-state index >= 15 is 0 Å². The van der Waals surface area contributed by atoms with Gasteiger partial charge in [-0.2, -0.15) is 5.26 Å². The van der Waals surface area contributed by atoms with Crippen LogP contribution in [0.4, 0.5) is 13.2 Å². The van der Waals surface area contributed by atoms with Gasteiger partial charge in [-0.3, -0.25) is 0 Å². The molecule has 6 heteroatoms. The number of rotatable bonds is 4. The van der Waals surface area contributed by atoms with Crippen LogP contribution in [-0.2, 0) is 4.74 Å². The lowest BCUT2D eigenvalue weighted by Crippen LogP contribution is -2.09. The van der Waals surface area contributed by atoms with E-state index in [0.29, 0.717) is 12.1 Å². The molecular formula is C10H8F3NO2. The molecule has 0 bridgehead atoms. The molecule has 3 nitrogen and oxygen atoms in total. The Balaban J connectivity index is 3.01. The third-order valence-corrected chi connectivity index (χ3v) is 1.82. The van der Waals surface area contributed by atoms with E-state index < -0.39 is 29.1 Å². The average molecular weight is 231 g/mol. The third-order valence-electron chi connectivity index (χ3n) is 1.82. The highest BCUT2D eigenvalue weighted by molar-refractivity contribution is 5.26. The van der Waals surface area contributed by atoms with Crippen molar-refractivity contribution >= 4 is 0 Å². The molecule has 0 heterocycles. The largest absolute Gasteiger partial charge is 0.394 e. The van der Waals surface area contributed by atoms with E-state index in [2.05, 4.69) is 0 Å². The highest BCUT2D eigenvalue weighted by Gasteiger charge is 2.18. The summed E-state index contributed by atoms with van der Waals surface area (Å²) >= 11 is 0. The molecular weight excluding hydrogens is 223 g/mol. The summed E-state index contributed by atoms with van der Waals surface area (Å²) in [7, 11) is 0. The fraction of sp³-hybridized carbons (Fsp3) is 0.300. The van der Waals surface area contributed by atoms with Crippen LogP contribution in [0.25, 0.3) is 0 Å². The molecule has 0 fully saturated rings. The van der Waals surface area contributed by atoms with Crippen LogP contribution in [0.15, 0.2) is 12.1 Å². The van der Waals surface area contributed by atoms with Gasteiger partial charge in [-0.05, 0) is 6.07 Å². The summed E-state index contributed by atoms with van der Waals surface area (Å²) in [4.78, 5) is 0. The van der Waals surface area contributed by atoms with Crippen molar-refractivity contribution < 1.29 is 23.0 Å². The van der Waals surface area contributed by atoms with Gasteiger partial charge in [0.25, 0.3) is 0 Å². The lowest BCUT2D eigenvalue weighted by molar-refractivity contribution is 0.0561. The van der Waals surface area contributed by atoms with Crippen molar-refractivity contribution in [3.8, 4) is 6.07 Å². The SMILES string of the molecule is N#CC(OCCO)c1cc(F)c(F)cc1F. The Hall–Kier alpha value is -1.58. The first-order valence-corrected chi connectivity index (χ1v) is 4.36. The van der Waals surface area contributed by atoms with Crippen LogP contribution in [-0.4, -0.2) is 18.3 Å². The second-order valence-corrected chi connectivity index (χ2v) is 2.89. The summed E-state index contributed by atoms with van der Waals surface area (Å²) in [5.41, 5.74) is -0.394. The number of aliphatic hydroxyl groups excluding tert-OH is 1. The van der Waals surface area contributed by atoms with Gasteiger partial charge < -0.3 is 9.84 Å². The van der Waals surface area contributed by atoms with Crippen molar-refractivity contribution in [2.75, 3.05) is 13.2 Å². The standard InChI is InChI=1S/C10H8F3NO2/c11-7-4-9(13)8(12)3-6(7)10(5-14)16-2-1-15/h3-4,10,15H,1-2H2. The first-order chi connectivity index (χ1) is 7.60. The van der Waals surface area contributed by atoms with Crippen LogP contribution >= 0.6 is 0 Å². The highest BCUT2D eigenvalue weighted by Crippen LogP contribution is 2.22. The Morgan fingerprint density at radius 1 is 1.25 bits per heavy atom. The zero-order chi connectivity index (χ0) is 12.1. The molecule has 1 N–H and O–H groups in total. The van der Waals surface area contributed by atoms with Gasteiger partial charge >= 0.3 is 0 Å². The number of aliphatic hydroxyl groups is 1. The van der Waals surface area contributed by atoms with Crippen LogP contribution in [0, 0.1) is 28.8 Å². The van der Waals surface area contributed by atoms with E-state index in [1.807, 2.05) is 0 Å². The predicted octanol–water partition coefficient (Wildman–Crippen LogP) is 1.68. The Morgan fingerprint density at radius 3 is 2.44 bits per heavy atom. The summed E-state index contributed by atoms with van der Waals surface area (Å²) < 4.78 is 43.4. The molecule has 1 unspecified atom stereocenters. The smallest absolute Gasteiger partial charge is 0.172 e. The minimum Gasteiger partial charge on any atom is -0.394 e. The van der Waals surface area contributed by atoms with Crippen molar-refractivity contribution in [2.45, 2.75) is 6.10 Å². The molecule has 0 aliphatic heterocycles. The number of ether oxygens (including phenoxy) is 1. The molecule has 16 heavy (non-hydrogen) atoms. The molecule has 1 atom stereocenters. The molecule has 0 saturated heterocycles. The van der Waals surface area contributed by atoms with Gasteiger partial charge in [-0.15, -0.1) is 0 Å². The molecule has 0 spiro atoms. The number of nitriles is 1. The van der Waals surface area contributed by atoms with Gasteiger partial charge in [0.15, 0.2) is 17.7 Å². The minimum absolute atomic E-state index is 0.198. The molecule has 86 valence electrons. The van der Waals surface area contributed by atoms with Gasteiger partial charge in [-0.25, -0.2) is 13.2 Å². The molecule has 0 radical (unpaired) electrons. The molecule has 0 aliphatic carbocycles. The van der Waals surface area contributed by atoms with Crippen molar-refractivity contribution in [3.63, 3.8) is 0 Å². The van der Waals surface area contributed by atoms with Crippen LogP contribution in [0.2, 0.25) is 0 Å². The Kier molecular flexibility index (Phi) is 4.28. The van der Waals surface area contributed by atoms with E-state index in [9.17, 15) is 13.2 Å². The molecule has 0 saturated carbocycles. The fourth-order valence-corrected chi connectivity index (χ4v) is 1.11. The number of halogens is 3. The van der Waals surface area contributed by atoms with Gasteiger partial charge in [0, 0.05) is 11.6 Å². The topological polar surface area (TPSA) is 53.2 Å². The van der Waals surface area contributed by atoms with Crippen molar-refractivity contribution in [2.24, 2.45) is 0 Å². The van der Waals surface area contributed by atoms with Gasteiger partial charge in [0.2, 0.25) is 0 Å². The maximum absolute atomic E-state index is 13.2. The van der Waals surface area contributed by atoms with E-state index in [0.717, 1.165) is 0 Å². The number of hydrogen-bond donors (Lipinski definition) is 1. The zero-order valence-corrected chi connectivity index (χ0v) is 8.08. The normalized spacial score (nSPS) is 12.2. The maximum Gasteiger partial charge on any atom is 0.172 e. The number of nitrogens with zero attached hydrogens (tertiary/aromatic N) is 1. The Morgan fingerprint density at radius 2 is 1.88 bits per heavy atom. The maximum atomic E-state index is 13.2. The second-order valence-electron chi connectivity index (χ2n) is 2.89. The predicted molar refractivity (Wildman–Crippen MR) is 47.7 cm³/mol. The van der Waals surface area contributed by atoms with Gasteiger partial charge in [0.1, 0.15) is 5.82 Å². The third kappa shape index (κ3) is 2.72. The lowest BCUT2D eigenvalue weighted by Gasteiger charge is -2.11. The van der Waals surface area contributed by atoms with E-state index in [1.54, 1.807) is 6.07 Å². The van der Waals surface area contributed by atoms with Crippen molar-refractivity contribution in [1.82, 2.24) is 0 Å². The van der Waals surface area contributed by atoms with Gasteiger partial charge in [0.05, 0.1) is 19.3 Å². The quantitative estimate of drug-likeness (QED) is 0.802. The second kappa shape index (κ2) is 5.49. The first kappa shape index (κ1) is 12.5. The van der Waals surface area contributed by atoms with Crippen LogP contribution in [0.3, 0.4) is 0 Å². The Labute approximate surface area is 89.7 Å². The van der Waals surface area contributed by atoms with Crippen molar-refractivity contribution in [3.05, 3.63) is 35.1 Å². The fourth-order valence-electron chi connectivity index (χ4n) is 1.11. The molecule has 1 aromatic rings. The summed E-state index contributed by atoms with van der Waals surface area (Å²) in [5, 5.41) is 17.1. The summed E-state index contributed by atoms with van der Waals surface area (Å²) in [6.45, 7) is -0.555. The van der Waals surface area contributed by atoms with E-state index in [-0.39, 0.29) is 13.2 Å². The van der Waals surface area contributed by atoms with Crippen LogP contribution in [0.1, 0.15) is 11.7 Å². The summed E-state index contributed by atoms with van der Waals surface area (Å²) in [6, 6.07) is 2.49. The van der Waals surface area contributed by atoms with Crippen molar-refractivity contribution in [1.29, 1.82) is 5.26 Å². The molecule has 0 aliphatic rings. The van der Waals surface area contributed by atoms with Gasteiger partial charge in [-0.1, -0.05) is 0 Å². The number of hydrogen-bond acceptors (Lipinski definition) is 3. The first-order valence-electron chi connectivity index (χ1n) is 4.36. The monoisotopic (exact) mass is 231 g/mol. The van der Waals surface area contributed by atoms with E-state index in [1.165, 1.54) is 0 Å². The van der Waals surface area contributed by atoms with Crippen LogP contribution in [0.5, 0.6) is 0 Å². The van der Waals surface area contributed by atoms with E-state index in [4.69, 9.17) is 15.1 Å². The summed E-state index contributed by atoms with van der Waals surface area (Å²) in [6.07, 6.45) is -1.37. The molecule has 0 amide bonds. The lowest BCUT2D eigenvalue weighted by atomic mass is 10.1.